The summed E-state index contributed by atoms with van der Waals surface area (Å²) in [6.45, 7) is 12.0. The molecule has 0 amide bonds. The lowest BCUT2D eigenvalue weighted by atomic mass is 9.97. The maximum absolute atomic E-state index is 4.53. The molecule has 140 valence electrons. The average molecular weight is 362 g/mol. The van der Waals surface area contributed by atoms with E-state index < -0.39 is 0 Å². The predicted octanol–water partition coefficient (Wildman–Crippen LogP) is 2.85. The van der Waals surface area contributed by atoms with Gasteiger partial charge in [0.15, 0.2) is 0 Å². The Bertz CT molecular complexity index is 930. The Morgan fingerprint density at radius 2 is 2.00 bits per heavy atom. The van der Waals surface area contributed by atoms with Crippen LogP contribution in [-0.2, 0) is 0 Å². The molecule has 0 saturated carbocycles. The van der Waals surface area contributed by atoms with Crippen molar-refractivity contribution in [1.29, 1.82) is 0 Å². The van der Waals surface area contributed by atoms with Gasteiger partial charge in [0, 0.05) is 23.1 Å². The Morgan fingerprint density at radius 3 is 2.63 bits per heavy atom. The number of rotatable bonds is 3. The molecule has 1 aliphatic heterocycles. The highest BCUT2D eigenvalue weighted by molar-refractivity contribution is 6.00. The first-order valence-corrected chi connectivity index (χ1v) is 9.11. The standard InChI is InChI=1S/C21H26N6/c1-15(25-26-20-22-12-13-23-20)19-14-24-27(16(19)2)18-8-6-17(7-9-18)10-11-21(3,4)5/h6-9,14H,12-13H2,1-5H3,(H2,22,23,26)/b25-15-. The first-order chi connectivity index (χ1) is 12.8. The molecule has 0 aliphatic carbocycles. The summed E-state index contributed by atoms with van der Waals surface area (Å²) in [5, 5.41) is 12.1. The molecule has 0 spiro atoms. The topological polar surface area (TPSA) is 66.6 Å². The number of hydrogen-bond donors (Lipinski definition) is 2. The molecule has 2 aromatic rings. The normalized spacial score (nSPS) is 14.3. The van der Waals surface area contributed by atoms with Crippen LogP contribution in [0.3, 0.4) is 0 Å². The molecule has 0 bridgehead atoms. The minimum Gasteiger partial charge on any atom is -0.353 e. The van der Waals surface area contributed by atoms with Crippen molar-refractivity contribution in [2.24, 2.45) is 15.5 Å². The molecular weight excluding hydrogens is 336 g/mol. The van der Waals surface area contributed by atoms with Gasteiger partial charge in [-0.05, 0) is 58.9 Å². The Hall–Kier alpha value is -3.07. The second-order valence-electron chi connectivity index (χ2n) is 7.57. The first kappa shape index (κ1) is 18.7. The molecule has 3 rings (SSSR count). The van der Waals surface area contributed by atoms with Crippen molar-refractivity contribution < 1.29 is 0 Å². The predicted molar refractivity (Wildman–Crippen MR) is 110 cm³/mol. The van der Waals surface area contributed by atoms with Crippen molar-refractivity contribution in [1.82, 2.24) is 20.5 Å². The average Bonchev–Trinajstić information content (AvgIpc) is 3.27. The molecule has 0 fully saturated rings. The zero-order valence-electron chi connectivity index (χ0n) is 16.6. The molecular formula is C21H26N6. The third kappa shape index (κ3) is 4.76. The molecule has 6 heteroatoms. The molecule has 1 aliphatic rings. The molecule has 1 aromatic carbocycles. The van der Waals surface area contributed by atoms with E-state index in [1.165, 1.54) is 0 Å². The summed E-state index contributed by atoms with van der Waals surface area (Å²) in [6.07, 6.45) is 1.84. The number of benzene rings is 1. The summed E-state index contributed by atoms with van der Waals surface area (Å²) in [5.74, 6) is 7.19. The number of hydrogen-bond acceptors (Lipinski definition) is 5. The zero-order chi connectivity index (χ0) is 19.4. The SMILES string of the molecule is C/C(=N/NC1=NCCN1)c1cnn(-c2ccc(C#CC(C)(C)C)cc2)c1C. The Labute approximate surface area is 160 Å². The van der Waals surface area contributed by atoms with Crippen LogP contribution in [0.2, 0.25) is 0 Å². The highest BCUT2D eigenvalue weighted by atomic mass is 15.4. The quantitative estimate of drug-likeness (QED) is 0.501. The Morgan fingerprint density at radius 1 is 1.26 bits per heavy atom. The van der Waals surface area contributed by atoms with E-state index in [9.17, 15) is 0 Å². The summed E-state index contributed by atoms with van der Waals surface area (Å²) in [7, 11) is 0. The van der Waals surface area contributed by atoms with Gasteiger partial charge in [0.2, 0.25) is 5.96 Å². The van der Waals surface area contributed by atoms with Crippen molar-refractivity contribution >= 4 is 11.7 Å². The Kier molecular flexibility index (Phi) is 5.31. The number of hydrazone groups is 1. The van der Waals surface area contributed by atoms with Gasteiger partial charge in [0.05, 0.1) is 29.8 Å². The maximum Gasteiger partial charge on any atom is 0.212 e. The lowest BCUT2D eigenvalue weighted by Crippen LogP contribution is -2.30. The fraction of sp³-hybridized carbons (Fsp3) is 0.381. The van der Waals surface area contributed by atoms with Crippen LogP contribution in [0.25, 0.3) is 5.69 Å². The van der Waals surface area contributed by atoms with Crippen LogP contribution in [0.4, 0.5) is 0 Å². The van der Waals surface area contributed by atoms with Gasteiger partial charge < -0.3 is 5.32 Å². The van der Waals surface area contributed by atoms with Crippen molar-refractivity contribution in [2.75, 3.05) is 13.1 Å². The smallest absolute Gasteiger partial charge is 0.212 e. The highest BCUT2D eigenvalue weighted by Gasteiger charge is 2.11. The van der Waals surface area contributed by atoms with E-state index in [-0.39, 0.29) is 5.41 Å². The van der Waals surface area contributed by atoms with E-state index in [1.54, 1.807) is 0 Å². The molecule has 0 unspecified atom stereocenters. The summed E-state index contributed by atoms with van der Waals surface area (Å²) < 4.78 is 1.92. The van der Waals surface area contributed by atoms with Crippen LogP contribution >= 0.6 is 0 Å². The minimum absolute atomic E-state index is 0.00335. The van der Waals surface area contributed by atoms with Crippen LogP contribution in [0.15, 0.2) is 40.6 Å². The monoisotopic (exact) mass is 362 g/mol. The molecule has 1 aromatic heterocycles. The molecule has 27 heavy (non-hydrogen) atoms. The summed E-state index contributed by atoms with van der Waals surface area (Å²) in [5.41, 5.74) is 7.87. The van der Waals surface area contributed by atoms with E-state index in [0.717, 1.165) is 41.3 Å². The highest BCUT2D eigenvalue weighted by Crippen LogP contribution is 2.16. The third-order valence-corrected chi connectivity index (χ3v) is 4.10. The van der Waals surface area contributed by atoms with Crippen LogP contribution in [0.1, 0.15) is 44.5 Å². The number of nitrogens with zero attached hydrogens (tertiary/aromatic N) is 4. The number of aromatic nitrogens is 2. The van der Waals surface area contributed by atoms with Crippen LogP contribution in [0, 0.1) is 24.2 Å². The van der Waals surface area contributed by atoms with Gasteiger partial charge in [0.1, 0.15) is 0 Å². The maximum atomic E-state index is 4.53. The van der Waals surface area contributed by atoms with Gasteiger partial charge in [-0.1, -0.05) is 11.8 Å². The molecule has 6 nitrogen and oxygen atoms in total. The van der Waals surface area contributed by atoms with Crippen molar-refractivity contribution in [2.45, 2.75) is 34.6 Å². The lowest BCUT2D eigenvalue weighted by molar-refractivity contribution is 0.571. The van der Waals surface area contributed by atoms with Gasteiger partial charge in [0.25, 0.3) is 0 Å². The minimum atomic E-state index is -0.00335. The van der Waals surface area contributed by atoms with Crippen LogP contribution in [-0.4, -0.2) is 34.5 Å². The van der Waals surface area contributed by atoms with E-state index in [2.05, 4.69) is 58.5 Å². The van der Waals surface area contributed by atoms with E-state index in [0.29, 0.717) is 5.96 Å². The van der Waals surface area contributed by atoms with E-state index >= 15 is 0 Å². The summed E-state index contributed by atoms with van der Waals surface area (Å²) in [4.78, 5) is 4.27. The third-order valence-electron chi connectivity index (χ3n) is 4.10. The van der Waals surface area contributed by atoms with Gasteiger partial charge in [-0.25, -0.2) is 15.1 Å². The zero-order valence-corrected chi connectivity index (χ0v) is 16.6. The van der Waals surface area contributed by atoms with Crippen LogP contribution in [0.5, 0.6) is 0 Å². The summed E-state index contributed by atoms with van der Waals surface area (Å²) >= 11 is 0. The van der Waals surface area contributed by atoms with Gasteiger partial charge in [-0.15, -0.1) is 0 Å². The van der Waals surface area contributed by atoms with Crippen molar-refractivity contribution in [3.63, 3.8) is 0 Å². The molecule has 2 N–H and O–H groups in total. The van der Waals surface area contributed by atoms with Crippen molar-refractivity contribution in [3.8, 4) is 17.5 Å². The second kappa shape index (κ2) is 7.67. The first-order valence-electron chi connectivity index (χ1n) is 9.11. The lowest BCUT2D eigenvalue weighted by Gasteiger charge is -2.08. The van der Waals surface area contributed by atoms with Crippen molar-refractivity contribution in [3.05, 3.63) is 47.3 Å². The van der Waals surface area contributed by atoms with Crippen LogP contribution < -0.4 is 10.7 Å². The number of aliphatic imine (C=N–C) groups is 1. The molecule has 2 heterocycles. The van der Waals surface area contributed by atoms with Gasteiger partial charge in [-0.2, -0.15) is 10.2 Å². The largest absolute Gasteiger partial charge is 0.353 e. The van der Waals surface area contributed by atoms with Gasteiger partial charge in [-0.3, -0.25) is 0 Å². The van der Waals surface area contributed by atoms with Gasteiger partial charge >= 0.3 is 0 Å². The molecule has 0 saturated heterocycles. The number of nitrogens with one attached hydrogen (secondary N) is 2. The fourth-order valence-corrected chi connectivity index (χ4v) is 2.64. The second-order valence-corrected chi connectivity index (χ2v) is 7.57. The molecule has 0 atom stereocenters. The van der Waals surface area contributed by atoms with E-state index in [4.69, 9.17) is 0 Å². The fourth-order valence-electron chi connectivity index (χ4n) is 2.64. The van der Waals surface area contributed by atoms with E-state index in [1.807, 2.05) is 49.0 Å². The molecule has 0 radical (unpaired) electrons. The summed E-state index contributed by atoms with van der Waals surface area (Å²) in [6, 6.07) is 8.14. The Balaban J connectivity index is 1.78. The number of guanidine groups is 1.